The van der Waals surface area contributed by atoms with Gasteiger partial charge in [0.15, 0.2) is 5.84 Å². The van der Waals surface area contributed by atoms with E-state index in [1.807, 2.05) is 59.9 Å². The molecule has 0 saturated heterocycles. The SMILES string of the molecule is N/C(=N\C(=N/Cc1ccccc1)c1ccccc1)c1cc(-c2cccc3sc4cc5ccc6ccccc6c5cc4c23)cc2ccccc12. The number of aliphatic imine (C=N–C) groups is 2. The molecule has 0 atom stereocenters. The van der Waals surface area contributed by atoms with Crippen molar-refractivity contribution in [3.63, 3.8) is 0 Å². The predicted octanol–water partition coefficient (Wildman–Crippen LogP) is 11.5. The van der Waals surface area contributed by atoms with Crippen LogP contribution in [0.5, 0.6) is 0 Å². The van der Waals surface area contributed by atoms with Gasteiger partial charge in [-0.25, -0.2) is 4.99 Å². The fourth-order valence-electron chi connectivity index (χ4n) is 6.95. The van der Waals surface area contributed by atoms with E-state index in [1.54, 1.807) is 0 Å². The summed E-state index contributed by atoms with van der Waals surface area (Å²) in [7, 11) is 0. The fraction of sp³-hybridized carbons (Fsp3) is 0.0222. The lowest BCUT2D eigenvalue weighted by molar-refractivity contribution is 1.06. The normalized spacial score (nSPS) is 12.5. The van der Waals surface area contributed by atoms with Crippen LogP contribution in [0.25, 0.3) is 63.6 Å². The minimum atomic E-state index is 0.438. The molecule has 8 aromatic carbocycles. The van der Waals surface area contributed by atoms with Crippen LogP contribution in [-0.2, 0) is 6.54 Å². The third kappa shape index (κ3) is 5.33. The number of rotatable bonds is 5. The highest BCUT2D eigenvalue weighted by Crippen LogP contribution is 2.43. The average molecular weight is 646 g/mol. The van der Waals surface area contributed by atoms with Crippen LogP contribution >= 0.6 is 11.3 Å². The molecular formula is C45H31N3S. The zero-order chi connectivity index (χ0) is 32.7. The van der Waals surface area contributed by atoms with Crippen molar-refractivity contribution in [2.75, 3.05) is 0 Å². The molecule has 0 unspecified atom stereocenters. The van der Waals surface area contributed by atoms with Gasteiger partial charge in [-0.05, 0) is 79.3 Å². The van der Waals surface area contributed by atoms with Crippen molar-refractivity contribution in [2.45, 2.75) is 6.54 Å². The Kier molecular flexibility index (Phi) is 7.22. The molecule has 0 amide bonds. The lowest BCUT2D eigenvalue weighted by atomic mass is 9.93. The molecule has 0 aliphatic rings. The Hall–Kier alpha value is -6.10. The molecule has 0 saturated carbocycles. The van der Waals surface area contributed by atoms with E-state index in [0.29, 0.717) is 18.2 Å². The van der Waals surface area contributed by atoms with Gasteiger partial charge in [-0.3, -0.25) is 4.99 Å². The monoisotopic (exact) mass is 645 g/mol. The van der Waals surface area contributed by atoms with Gasteiger partial charge in [0.25, 0.3) is 0 Å². The van der Waals surface area contributed by atoms with E-state index in [1.165, 1.54) is 47.3 Å². The van der Waals surface area contributed by atoms with Crippen molar-refractivity contribution in [3.05, 3.63) is 180 Å². The summed E-state index contributed by atoms with van der Waals surface area (Å²) in [6.45, 7) is 0.514. The molecular weight excluding hydrogens is 615 g/mol. The van der Waals surface area contributed by atoms with Crippen molar-refractivity contribution in [1.82, 2.24) is 0 Å². The average Bonchev–Trinajstić information content (AvgIpc) is 3.53. The van der Waals surface area contributed by atoms with Crippen molar-refractivity contribution >= 4 is 75.5 Å². The molecule has 2 N–H and O–H groups in total. The van der Waals surface area contributed by atoms with Crippen LogP contribution in [0, 0.1) is 0 Å². The third-order valence-corrected chi connectivity index (χ3v) is 10.4. The second-order valence-corrected chi connectivity index (χ2v) is 13.5. The molecule has 0 aliphatic carbocycles. The van der Waals surface area contributed by atoms with Crippen LogP contribution in [0.2, 0.25) is 0 Å². The zero-order valence-electron chi connectivity index (χ0n) is 26.7. The van der Waals surface area contributed by atoms with Gasteiger partial charge in [0, 0.05) is 31.3 Å². The van der Waals surface area contributed by atoms with E-state index in [-0.39, 0.29) is 0 Å². The number of benzene rings is 8. The first-order valence-electron chi connectivity index (χ1n) is 16.5. The second kappa shape index (κ2) is 12.2. The minimum Gasteiger partial charge on any atom is -0.383 e. The molecule has 0 aliphatic heterocycles. The summed E-state index contributed by atoms with van der Waals surface area (Å²) >= 11 is 1.85. The molecule has 0 fully saturated rings. The van der Waals surface area contributed by atoms with Crippen molar-refractivity contribution < 1.29 is 0 Å². The first-order valence-corrected chi connectivity index (χ1v) is 17.3. The van der Waals surface area contributed by atoms with Crippen molar-refractivity contribution in [2.24, 2.45) is 15.7 Å². The van der Waals surface area contributed by atoms with Crippen LogP contribution in [0.3, 0.4) is 0 Å². The van der Waals surface area contributed by atoms with Gasteiger partial charge in [0.1, 0.15) is 5.84 Å². The summed E-state index contributed by atoms with van der Waals surface area (Å²) in [5, 5.41) is 9.78. The van der Waals surface area contributed by atoms with E-state index >= 15 is 0 Å². The van der Waals surface area contributed by atoms with E-state index < -0.39 is 0 Å². The Balaban J connectivity index is 1.24. The summed E-state index contributed by atoms with van der Waals surface area (Å²) in [6.07, 6.45) is 0. The molecule has 0 radical (unpaired) electrons. The number of hydrogen-bond donors (Lipinski definition) is 1. The Morgan fingerprint density at radius 3 is 2.06 bits per heavy atom. The number of thiophene rings is 1. The maximum absolute atomic E-state index is 6.98. The summed E-state index contributed by atoms with van der Waals surface area (Å²) in [5.41, 5.74) is 12.2. The fourth-order valence-corrected chi connectivity index (χ4v) is 8.11. The van der Waals surface area contributed by atoms with Crippen LogP contribution in [0.1, 0.15) is 16.7 Å². The number of nitrogens with zero attached hydrogens (tertiary/aromatic N) is 2. The van der Waals surface area contributed by atoms with Gasteiger partial charge < -0.3 is 5.73 Å². The lowest BCUT2D eigenvalue weighted by Gasteiger charge is -2.13. The number of nitrogens with two attached hydrogens (primary N) is 1. The maximum Gasteiger partial charge on any atom is 0.157 e. The van der Waals surface area contributed by atoms with Crippen molar-refractivity contribution in [3.8, 4) is 11.1 Å². The molecule has 49 heavy (non-hydrogen) atoms. The number of hydrogen-bond acceptors (Lipinski definition) is 2. The molecule has 0 bridgehead atoms. The standard InChI is InChI=1S/C45H31N3S/c46-44(48-45(31-15-5-2-6-16-31)47-28-29-12-3-1-4-13-29)39-25-34(24-32-17-8-10-19-36(32)39)37-20-11-21-41-43(37)40-27-38-33(26-42(40)49-41)23-22-30-14-7-9-18-35(30)38/h1-27H,28H2,(H2,46,47,48). The number of fused-ring (bicyclic) bond motifs is 7. The third-order valence-electron chi connectivity index (χ3n) is 9.32. The molecule has 232 valence electrons. The summed E-state index contributed by atoms with van der Waals surface area (Å²) < 4.78 is 2.55. The van der Waals surface area contributed by atoms with Gasteiger partial charge in [0.05, 0.1) is 6.54 Å². The van der Waals surface area contributed by atoms with Gasteiger partial charge in [-0.2, -0.15) is 0 Å². The molecule has 0 spiro atoms. The second-order valence-electron chi connectivity index (χ2n) is 12.4. The molecule has 9 aromatic rings. The van der Waals surface area contributed by atoms with Gasteiger partial charge >= 0.3 is 0 Å². The largest absolute Gasteiger partial charge is 0.383 e. The Labute approximate surface area is 288 Å². The lowest BCUT2D eigenvalue weighted by Crippen LogP contribution is -2.17. The highest BCUT2D eigenvalue weighted by atomic mass is 32.1. The quantitative estimate of drug-likeness (QED) is 0.113. The molecule has 4 heteroatoms. The smallest absolute Gasteiger partial charge is 0.157 e. The van der Waals surface area contributed by atoms with Gasteiger partial charge in [0.2, 0.25) is 0 Å². The van der Waals surface area contributed by atoms with Crippen LogP contribution in [0.4, 0.5) is 0 Å². The van der Waals surface area contributed by atoms with E-state index in [2.05, 4.69) is 115 Å². The summed E-state index contributed by atoms with van der Waals surface area (Å²) in [5.74, 6) is 1.05. The van der Waals surface area contributed by atoms with Crippen LogP contribution < -0.4 is 5.73 Å². The zero-order valence-corrected chi connectivity index (χ0v) is 27.5. The van der Waals surface area contributed by atoms with Crippen molar-refractivity contribution in [1.29, 1.82) is 0 Å². The topological polar surface area (TPSA) is 50.7 Å². The predicted molar refractivity (Wildman–Crippen MR) is 211 cm³/mol. The van der Waals surface area contributed by atoms with Gasteiger partial charge in [-0.15, -0.1) is 11.3 Å². The van der Waals surface area contributed by atoms with Crippen LogP contribution in [0.15, 0.2) is 174 Å². The Morgan fingerprint density at radius 1 is 0.531 bits per heavy atom. The number of amidine groups is 2. The van der Waals surface area contributed by atoms with E-state index in [4.69, 9.17) is 15.7 Å². The van der Waals surface area contributed by atoms with Crippen LogP contribution in [-0.4, -0.2) is 11.7 Å². The first kappa shape index (κ1) is 29.1. The minimum absolute atomic E-state index is 0.438. The summed E-state index contributed by atoms with van der Waals surface area (Å²) in [6, 6.07) is 57.7. The highest BCUT2D eigenvalue weighted by Gasteiger charge is 2.16. The molecule has 1 aromatic heterocycles. The van der Waals surface area contributed by atoms with Gasteiger partial charge in [-0.1, -0.05) is 133 Å². The maximum atomic E-state index is 6.98. The molecule has 1 heterocycles. The highest BCUT2D eigenvalue weighted by molar-refractivity contribution is 7.26. The molecule has 9 rings (SSSR count). The summed E-state index contributed by atoms with van der Waals surface area (Å²) in [4.78, 5) is 9.98. The molecule has 3 nitrogen and oxygen atoms in total. The van der Waals surface area contributed by atoms with E-state index in [9.17, 15) is 0 Å². The Morgan fingerprint density at radius 2 is 1.22 bits per heavy atom. The van der Waals surface area contributed by atoms with E-state index in [0.717, 1.165) is 33.0 Å². The first-order chi connectivity index (χ1) is 24.2. The Bertz CT molecular complexity index is 2740.